The molecule has 0 atom stereocenters. The first-order valence-electron chi connectivity index (χ1n) is 8.46. The lowest BCUT2D eigenvalue weighted by atomic mass is 10.2. The van der Waals surface area contributed by atoms with E-state index >= 15 is 0 Å². The van der Waals surface area contributed by atoms with Gasteiger partial charge in [0, 0.05) is 24.6 Å². The molecule has 0 spiro atoms. The molecule has 3 aromatic rings. The van der Waals surface area contributed by atoms with Gasteiger partial charge in [0.25, 0.3) is 5.91 Å². The summed E-state index contributed by atoms with van der Waals surface area (Å²) in [6.45, 7) is 0.987. The number of amides is 1. The number of thiazole rings is 1. The number of nitrogens with zero attached hydrogens (tertiary/aromatic N) is 1. The molecule has 0 fully saturated rings. The molecule has 1 aromatic heterocycles. The van der Waals surface area contributed by atoms with Crippen LogP contribution in [-0.4, -0.2) is 31.2 Å². The van der Waals surface area contributed by atoms with E-state index < -0.39 is 11.6 Å². The Morgan fingerprint density at radius 2 is 1.93 bits per heavy atom. The van der Waals surface area contributed by atoms with Crippen LogP contribution in [0.1, 0.15) is 16.1 Å². The van der Waals surface area contributed by atoms with E-state index in [1.165, 1.54) is 17.4 Å². The number of carbonyl (C=O) groups is 1. The molecule has 0 radical (unpaired) electrons. The maximum atomic E-state index is 13.2. The zero-order valence-corrected chi connectivity index (χ0v) is 15.9. The van der Waals surface area contributed by atoms with Crippen molar-refractivity contribution >= 4 is 17.2 Å². The molecule has 2 aromatic carbocycles. The molecule has 0 aliphatic carbocycles. The molecule has 5 nitrogen and oxygen atoms in total. The Bertz CT molecular complexity index is 945. The summed E-state index contributed by atoms with van der Waals surface area (Å²) in [5.74, 6) is -1.45. The highest BCUT2D eigenvalue weighted by Gasteiger charge is 2.11. The molecule has 1 heterocycles. The standard InChI is InChI=1S/C20H18F2N2O3S/c1-26-9-8-23-19(25)18-12-28-20(24-18)14-3-5-15(6-4-14)27-11-13-2-7-16(21)17(22)10-13/h2-7,10,12H,8-9,11H2,1H3,(H,23,25). The van der Waals surface area contributed by atoms with E-state index in [0.29, 0.717) is 35.2 Å². The van der Waals surface area contributed by atoms with E-state index in [-0.39, 0.29) is 12.5 Å². The predicted molar refractivity (Wildman–Crippen MR) is 102 cm³/mol. The number of hydrogen-bond donors (Lipinski definition) is 1. The Labute approximate surface area is 164 Å². The van der Waals surface area contributed by atoms with Gasteiger partial charge in [0.15, 0.2) is 11.6 Å². The Kier molecular flexibility index (Phi) is 6.67. The van der Waals surface area contributed by atoms with Gasteiger partial charge in [0.05, 0.1) is 6.61 Å². The van der Waals surface area contributed by atoms with Gasteiger partial charge in [-0.2, -0.15) is 0 Å². The number of aromatic nitrogens is 1. The van der Waals surface area contributed by atoms with Crippen LogP contribution >= 0.6 is 11.3 Å². The second kappa shape index (κ2) is 9.38. The number of nitrogens with one attached hydrogen (secondary N) is 1. The van der Waals surface area contributed by atoms with Crippen LogP contribution in [0, 0.1) is 11.6 Å². The maximum Gasteiger partial charge on any atom is 0.270 e. The monoisotopic (exact) mass is 404 g/mol. The van der Waals surface area contributed by atoms with E-state index in [4.69, 9.17) is 9.47 Å². The Hall–Kier alpha value is -2.84. The first-order valence-corrected chi connectivity index (χ1v) is 9.34. The summed E-state index contributed by atoms with van der Waals surface area (Å²) in [5, 5.41) is 5.13. The van der Waals surface area contributed by atoms with Crippen molar-refractivity contribution in [3.05, 3.63) is 70.7 Å². The van der Waals surface area contributed by atoms with Crippen LogP contribution in [-0.2, 0) is 11.3 Å². The number of hydrogen-bond acceptors (Lipinski definition) is 5. The number of methoxy groups -OCH3 is 1. The minimum atomic E-state index is -0.901. The molecule has 0 saturated heterocycles. The van der Waals surface area contributed by atoms with Gasteiger partial charge in [-0.3, -0.25) is 4.79 Å². The van der Waals surface area contributed by atoms with Crippen molar-refractivity contribution in [2.45, 2.75) is 6.61 Å². The molecule has 0 unspecified atom stereocenters. The highest BCUT2D eigenvalue weighted by atomic mass is 32.1. The highest BCUT2D eigenvalue weighted by Crippen LogP contribution is 2.26. The molecule has 0 saturated carbocycles. The van der Waals surface area contributed by atoms with E-state index in [0.717, 1.165) is 17.7 Å². The predicted octanol–water partition coefficient (Wildman–Crippen LogP) is 4.04. The van der Waals surface area contributed by atoms with Crippen molar-refractivity contribution < 1.29 is 23.0 Å². The normalized spacial score (nSPS) is 10.7. The molecule has 1 amide bonds. The number of rotatable bonds is 8. The van der Waals surface area contributed by atoms with Gasteiger partial charge in [-0.25, -0.2) is 13.8 Å². The summed E-state index contributed by atoms with van der Waals surface area (Å²) in [4.78, 5) is 16.3. The fourth-order valence-corrected chi connectivity index (χ4v) is 3.16. The average Bonchev–Trinajstić information content (AvgIpc) is 3.20. The number of ether oxygens (including phenoxy) is 2. The van der Waals surface area contributed by atoms with Gasteiger partial charge in [-0.1, -0.05) is 6.07 Å². The van der Waals surface area contributed by atoms with Gasteiger partial charge in [0.2, 0.25) is 0 Å². The minimum Gasteiger partial charge on any atom is -0.489 e. The van der Waals surface area contributed by atoms with Gasteiger partial charge < -0.3 is 14.8 Å². The fourth-order valence-electron chi connectivity index (χ4n) is 2.36. The molecular weight excluding hydrogens is 386 g/mol. The van der Waals surface area contributed by atoms with Crippen LogP contribution < -0.4 is 10.1 Å². The lowest BCUT2D eigenvalue weighted by Crippen LogP contribution is -2.27. The zero-order chi connectivity index (χ0) is 19.9. The summed E-state index contributed by atoms with van der Waals surface area (Å²) in [5.41, 5.74) is 1.74. The van der Waals surface area contributed by atoms with Crippen LogP contribution in [0.4, 0.5) is 8.78 Å². The topological polar surface area (TPSA) is 60.5 Å². The molecule has 28 heavy (non-hydrogen) atoms. The molecule has 0 bridgehead atoms. The zero-order valence-electron chi connectivity index (χ0n) is 15.1. The molecule has 8 heteroatoms. The second-order valence-electron chi connectivity index (χ2n) is 5.85. The summed E-state index contributed by atoms with van der Waals surface area (Å²) in [6, 6.07) is 10.8. The number of benzene rings is 2. The van der Waals surface area contributed by atoms with E-state index in [9.17, 15) is 13.6 Å². The third-order valence-corrected chi connectivity index (χ3v) is 4.71. The van der Waals surface area contributed by atoms with E-state index in [2.05, 4.69) is 10.3 Å². The van der Waals surface area contributed by atoms with Gasteiger partial charge in [-0.05, 0) is 42.0 Å². The smallest absolute Gasteiger partial charge is 0.270 e. The average molecular weight is 404 g/mol. The SMILES string of the molecule is COCCNC(=O)c1csc(-c2ccc(OCc3ccc(F)c(F)c3)cc2)n1. The van der Waals surface area contributed by atoms with Crippen molar-refractivity contribution in [1.82, 2.24) is 10.3 Å². The van der Waals surface area contributed by atoms with Crippen molar-refractivity contribution in [1.29, 1.82) is 0 Å². The van der Waals surface area contributed by atoms with Crippen molar-refractivity contribution in [3.63, 3.8) is 0 Å². The van der Waals surface area contributed by atoms with Crippen LogP contribution in [0.5, 0.6) is 5.75 Å². The van der Waals surface area contributed by atoms with Crippen LogP contribution in [0.3, 0.4) is 0 Å². The van der Waals surface area contributed by atoms with Crippen LogP contribution in [0.15, 0.2) is 47.8 Å². The van der Waals surface area contributed by atoms with E-state index in [1.54, 1.807) is 24.6 Å². The quantitative estimate of drug-likeness (QED) is 0.576. The van der Waals surface area contributed by atoms with Gasteiger partial charge in [-0.15, -0.1) is 11.3 Å². The summed E-state index contributed by atoms with van der Waals surface area (Å²) in [6.07, 6.45) is 0. The fraction of sp³-hybridized carbons (Fsp3) is 0.200. The highest BCUT2D eigenvalue weighted by molar-refractivity contribution is 7.13. The lowest BCUT2D eigenvalue weighted by Gasteiger charge is -2.07. The number of halogens is 2. The molecule has 3 rings (SSSR count). The summed E-state index contributed by atoms with van der Waals surface area (Å²) >= 11 is 1.37. The maximum absolute atomic E-state index is 13.2. The first-order chi connectivity index (χ1) is 13.6. The summed E-state index contributed by atoms with van der Waals surface area (Å²) < 4.78 is 36.7. The third-order valence-electron chi connectivity index (χ3n) is 3.82. The molecular formula is C20H18F2N2O3S. The molecule has 1 N–H and O–H groups in total. The van der Waals surface area contributed by atoms with E-state index in [1.807, 2.05) is 12.1 Å². The largest absolute Gasteiger partial charge is 0.489 e. The Balaban J connectivity index is 1.59. The van der Waals surface area contributed by atoms with Gasteiger partial charge >= 0.3 is 0 Å². The van der Waals surface area contributed by atoms with Crippen LogP contribution in [0.2, 0.25) is 0 Å². The van der Waals surface area contributed by atoms with Crippen molar-refractivity contribution in [3.8, 4) is 16.3 Å². The Morgan fingerprint density at radius 3 is 2.64 bits per heavy atom. The molecule has 0 aliphatic heterocycles. The van der Waals surface area contributed by atoms with Crippen molar-refractivity contribution in [2.75, 3.05) is 20.3 Å². The van der Waals surface area contributed by atoms with Crippen LogP contribution in [0.25, 0.3) is 10.6 Å². The van der Waals surface area contributed by atoms with Crippen molar-refractivity contribution in [2.24, 2.45) is 0 Å². The summed E-state index contributed by atoms with van der Waals surface area (Å²) in [7, 11) is 1.57. The number of carbonyl (C=O) groups excluding carboxylic acids is 1. The lowest BCUT2D eigenvalue weighted by molar-refractivity contribution is 0.0933. The second-order valence-corrected chi connectivity index (χ2v) is 6.71. The minimum absolute atomic E-state index is 0.125. The van der Waals surface area contributed by atoms with Gasteiger partial charge in [0.1, 0.15) is 23.1 Å². The third kappa shape index (κ3) is 5.11. The molecule has 146 valence electrons. The first kappa shape index (κ1) is 19.9. The Morgan fingerprint density at radius 1 is 1.14 bits per heavy atom. The molecule has 0 aliphatic rings.